The highest BCUT2D eigenvalue weighted by Crippen LogP contribution is 2.28. The Morgan fingerprint density at radius 2 is 1.77 bits per heavy atom. The van der Waals surface area contributed by atoms with E-state index in [0.717, 1.165) is 11.3 Å². The number of anilines is 1. The molecule has 0 heterocycles. The Labute approximate surface area is 180 Å². The van der Waals surface area contributed by atoms with Gasteiger partial charge in [-0.2, -0.15) is 5.10 Å². The fourth-order valence-corrected chi connectivity index (χ4v) is 2.74. The van der Waals surface area contributed by atoms with Gasteiger partial charge in [-0.25, -0.2) is 10.2 Å². The zero-order valence-electron chi connectivity index (χ0n) is 17.3. The molecule has 0 spiro atoms. The molecule has 0 aliphatic carbocycles. The Hall–Kier alpha value is -4.13. The van der Waals surface area contributed by atoms with E-state index < -0.39 is 5.97 Å². The van der Waals surface area contributed by atoms with Crippen LogP contribution in [0.25, 0.3) is 0 Å². The van der Waals surface area contributed by atoms with Crippen molar-refractivity contribution in [2.75, 3.05) is 19.0 Å². The molecular weight excluding hydrogens is 394 g/mol. The van der Waals surface area contributed by atoms with Gasteiger partial charge in [-0.1, -0.05) is 30.3 Å². The first kappa shape index (κ1) is 21.6. The number of amides is 1. The number of methoxy groups -OCH3 is 1. The average molecular weight is 417 g/mol. The van der Waals surface area contributed by atoms with Gasteiger partial charge in [-0.3, -0.25) is 4.79 Å². The summed E-state index contributed by atoms with van der Waals surface area (Å²) in [4.78, 5) is 24.2. The molecule has 0 aliphatic heterocycles. The summed E-state index contributed by atoms with van der Waals surface area (Å²) in [6, 6.07) is 21.4. The Bertz CT molecular complexity index is 1080. The van der Waals surface area contributed by atoms with E-state index in [2.05, 4.69) is 15.8 Å². The minimum atomic E-state index is -0.478. The summed E-state index contributed by atoms with van der Waals surface area (Å²) in [5.74, 6) is -0.0904. The minimum absolute atomic E-state index is 0.0957. The topological polar surface area (TPSA) is 89.0 Å². The van der Waals surface area contributed by atoms with Crippen LogP contribution < -0.4 is 20.2 Å². The molecule has 7 heteroatoms. The Balaban J connectivity index is 1.55. The molecule has 1 amide bonds. The summed E-state index contributed by atoms with van der Waals surface area (Å²) in [6.45, 7) is 2.08. The molecule has 7 nitrogen and oxygen atoms in total. The Morgan fingerprint density at radius 1 is 0.968 bits per heavy atom. The van der Waals surface area contributed by atoms with Crippen molar-refractivity contribution in [3.05, 3.63) is 89.5 Å². The highest BCUT2D eigenvalue weighted by Gasteiger charge is 2.12. The van der Waals surface area contributed by atoms with Crippen LogP contribution in [-0.2, 0) is 4.79 Å². The minimum Gasteiger partial charge on any atom is -0.493 e. The molecule has 0 unspecified atom stereocenters. The molecular formula is C24H23N3O4. The van der Waals surface area contributed by atoms with Crippen molar-refractivity contribution in [2.45, 2.75) is 6.92 Å². The van der Waals surface area contributed by atoms with Crippen molar-refractivity contribution < 1.29 is 19.1 Å². The van der Waals surface area contributed by atoms with Crippen LogP contribution in [0.3, 0.4) is 0 Å². The van der Waals surface area contributed by atoms with Crippen LogP contribution in [0.2, 0.25) is 0 Å². The van der Waals surface area contributed by atoms with Gasteiger partial charge in [-0.15, -0.1) is 0 Å². The van der Waals surface area contributed by atoms with Gasteiger partial charge in [0.2, 0.25) is 0 Å². The lowest BCUT2D eigenvalue weighted by Gasteiger charge is -2.10. The predicted molar refractivity (Wildman–Crippen MR) is 120 cm³/mol. The van der Waals surface area contributed by atoms with Crippen LogP contribution in [-0.4, -0.2) is 31.7 Å². The zero-order chi connectivity index (χ0) is 22.1. The lowest BCUT2D eigenvalue weighted by atomic mass is 10.2. The quantitative estimate of drug-likeness (QED) is 0.252. The SMILES string of the molecule is COc1cc(C=NNC(=O)CNc2cccc(C)c2)ccc1OC(=O)c1ccccc1. The number of rotatable bonds is 8. The summed E-state index contributed by atoms with van der Waals surface area (Å²) < 4.78 is 10.7. The standard InChI is InChI=1S/C24H23N3O4/c1-17-7-6-10-20(13-17)25-16-23(28)27-26-15-18-11-12-21(22(14-18)30-2)31-24(29)19-8-4-3-5-9-19/h3-15,25H,16H2,1-2H3,(H,27,28). The molecule has 3 aromatic rings. The number of aryl methyl sites for hydroxylation is 1. The first-order valence-corrected chi connectivity index (χ1v) is 9.63. The van der Waals surface area contributed by atoms with Gasteiger partial charge in [0.25, 0.3) is 5.91 Å². The average Bonchev–Trinajstić information content (AvgIpc) is 2.79. The molecule has 0 aromatic heterocycles. The van der Waals surface area contributed by atoms with Crippen molar-refractivity contribution in [1.82, 2.24) is 5.43 Å². The fourth-order valence-electron chi connectivity index (χ4n) is 2.74. The summed E-state index contributed by atoms with van der Waals surface area (Å²) in [6.07, 6.45) is 1.48. The number of ether oxygens (including phenoxy) is 2. The van der Waals surface area contributed by atoms with Gasteiger partial charge in [-0.05, 0) is 60.5 Å². The summed E-state index contributed by atoms with van der Waals surface area (Å²) >= 11 is 0. The van der Waals surface area contributed by atoms with E-state index in [1.807, 2.05) is 37.3 Å². The van der Waals surface area contributed by atoms with Gasteiger partial charge < -0.3 is 14.8 Å². The van der Waals surface area contributed by atoms with Gasteiger partial charge >= 0.3 is 5.97 Å². The lowest BCUT2D eigenvalue weighted by Crippen LogP contribution is -2.25. The van der Waals surface area contributed by atoms with Crippen LogP contribution >= 0.6 is 0 Å². The van der Waals surface area contributed by atoms with Crippen molar-refractivity contribution in [1.29, 1.82) is 0 Å². The third-order valence-corrected chi connectivity index (χ3v) is 4.27. The van der Waals surface area contributed by atoms with Crippen LogP contribution in [0.4, 0.5) is 5.69 Å². The Kier molecular flexibility index (Phi) is 7.37. The molecule has 31 heavy (non-hydrogen) atoms. The maximum Gasteiger partial charge on any atom is 0.343 e. The number of nitrogens with one attached hydrogen (secondary N) is 2. The highest BCUT2D eigenvalue weighted by molar-refractivity contribution is 5.91. The second-order valence-corrected chi connectivity index (χ2v) is 6.68. The molecule has 0 saturated carbocycles. The van der Waals surface area contributed by atoms with Gasteiger partial charge in [0, 0.05) is 5.69 Å². The smallest absolute Gasteiger partial charge is 0.343 e. The number of hydrazone groups is 1. The monoisotopic (exact) mass is 417 g/mol. The van der Waals surface area contributed by atoms with E-state index in [9.17, 15) is 9.59 Å². The fraction of sp³-hybridized carbons (Fsp3) is 0.125. The first-order valence-electron chi connectivity index (χ1n) is 9.63. The third-order valence-electron chi connectivity index (χ3n) is 4.27. The molecule has 3 rings (SSSR count). The molecule has 2 N–H and O–H groups in total. The zero-order valence-corrected chi connectivity index (χ0v) is 17.3. The van der Waals surface area contributed by atoms with Gasteiger partial charge in [0.1, 0.15) is 0 Å². The summed E-state index contributed by atoms with van der Waals surface area (Å²) in [5.41, 5.74) is 5.55. The van der Waals surface area contributed by atoms with Crippen molar-refractivity contribution in [2.24, 2.45) is 5.10 Å². The van der Waals surface area contributed by atoms with E-state index in [1.54, 1.807) is 42.5 Å². The lowest BCUT2D eigenvalue weighted by molar-refractivity contribution is -0.119. The number of esters is 1. The van der Waals surface area contributed by atoms with Gasteiger partial charge in [0.15, 0.2) is 11.5 Å². The number of hydrogen-bond donors (Lipinski definition) is 2. The van der Waals surface area contributed by atoms with E-state index in [4.69, 9.17) is 9.47 Å². The molecule has 158 valence electrons. The molecule has 0 radical (unpaired) electrons. The van der Waals surface area contributed by atoms with E-state index in [0.29, 0.717) is 22.6 Å². The van der Waals surface area contributed by atoms with Crippen molar-refractivity contribution >= 4 is 23.8 Å². The van der Waals surface area contributed by atoms with Crippen LogP contribution in [0.5, 0.6) is 11.5 Å². The normalized spacial score (nSPS) is 10.5. The number of carbonyl (C=O) groups excluding carboxylic acids is 2. The maximum atomic E-state index is 12.2. The van der Waals surface area contributed by atoms with E-state index in [1.165, 1.54) is 13.3 Å². The number of hydrogen-bond acceptors (Lipinski definition) is 6. The number of nitrogens with zero attached hydrogens (tertiary/aromatic N) is 1. The van der Waals surface area contributed by atoms with Crippen LogP contribution in [0.15, 0.2) is 77.9 Å². The van der Waals surface area contributed by atoms with Crippen LogP contribution in [0, 0.1) is 6.92 Å². The van der Waals surface area contributed by atoms with E-state index >= 15 is 0 Å². The Morgan fingerprint density at radius 3 is 2.52 bits per heavy atom. The van der Waals surface area contributed by atoms with Gasteiger partial charge in [0.05, 0.1) is 25.4 Å². The summed E-state index contributed by atoms with van der Waals surface area (Å²) in [7, 11) is 1.48. The number of carbonyl (C=O) groups is 2. The largest absolute Gasteiger partial charge is 0.493 e. The number of benzene rings is 3. The third kappa shape index (κ3) is 6.43. The second kappa shape index (κ2) is 10.6. The van der Waals surface area contributed by atoms with Crippen LogP contribution in [0.1, 0.15) is 21.5 Å². The predicted octanol–water partition coefficient (Wildman–Crippen LogP) is 3.79. The second-order valence-electron chi connectivity index (χ2n) is 6.68. The first-order chi connectivity index (χ1) is 15.0. The maximum absolute atomic E-state index is 12.2. The molecule has 0 fully saturated rings. The van der Waals surface area contributed by atoms with E-state index in [-0.39, 0.29) is 12.5 Å². The highest BCUT2D eigenvalue weighted by atomic mass is 16.6. The van der Waals surface area contributed by atoms with Crippen molar-refractivity contribution in [3.8, 4) is 11.5 Å². The molecule has 0 bridgehead atoms. The summed E-state index contributed by atoms with van der Waals surface area (Å²) in [5, 5.41) is 6.99. The molecule has 3 aromatic carbocycles. The molecule has 0 saturated heterocycles. The molecule has 0 aliphatic rings. The molecule has 0 atom stereocenters. The van der Waals surface area contributed by atoms with Crippen molar-refractivity contribution in [3.63, 3.8) is 0 Å².